The van der Waals surface area contributed by atoms with E-state index in [0.29, 0.717) is 5.25 Å². The van der Waals surface area contributed by atoms with Crippen LogP contribution in [0.25, 0.3) is 21.8 Å². The zero-order chi connectivity index (χ0) is 16.5. The van der Waals surface area contributed by atoms with E-state index in [4.69, 9.17) is 0 Å². The molecule has 1 aromatic heterocycles. The fraction of sp³-hybridized carbons (Fsp3) is 0.381. The summed E-state index contributed by atoms with van der Waals surface area (Å²) in [5.74, 6) is 0.211. The standard InChI is InChI=1S/C21H23NOS/c1-15(24-16-9-3-2-4-10-16)21(23)22-19-13-7-5-11-17(19)18-12-6-8-14-20(18)22/h5-8,11-16H,2-4,9-10H2,1H3. The smallest absolute Gasteiger partial charge is 0.244 e. The molecule has 0 aliphatic heterocycles. The molecule has 4 rings (SSSR count). The van der Waals surface area contributed by atoms with Crippen molar-refractivity contribution in [1.82, 2.24) is 4.57 Å². The van der Waals surface area contributed by atoms with Gasteiger partial charge < -0.3 is 0 Å². The molecule has 0 radical (unpaired) electrons. The molecule has 1 fully saturated rings. The lowest BCUT2D eigenvalue weighted by molar-refractivity contribution is 0.0925. The number of carbonyl (C=O) groups excluding carboxylic acids is 1. The van der Waals surface area contributed by atoms with Crippen molar-refractivity contribution in [2.75, 3.05) is 0 Å². The SMILES string of the molecule is CC(SC1CCCCC1)C(=O)n1c2ccccc2c2ccccc21. The van der Waals surface area contributed by atoms with Gasteiger partial charge in [-0.3, -0.25) is 9.36 Å². The number of para-hydroxylation sites is 2. The maximum absolute atomic E-state index is 13.2. The number of hydrogen-bond donors (Lipinski definition) is 0. The molecule has 124 valence electrons. The molecule has 2 nitrogen and oxygen atoms in total. The lowest BCUT2D eigenvalue weighted by Gasteiger charge is -2.24. The molecule has 3 aromatic rings. The monoisotopic (exact) mass is 337 g/mol. The summed E-state index contributed by atoms with van der Waals surface area (Å²) in [6.07, 6.45) is 6.50. The molecule has 1 atom stereocenters. The second-order valence-corrected chi connectivity index (χ2v) is 8.39. The first-order valence-corrected chi connectivity index (χ1v) is 9.88. The number of carbonyl (C=O) groups is 1. The molecule has 0 saturated heterocycles. The van der Waals surface area contributed by atoms with Gasteiger partial charge in [0.15, 0.2) is 0 Å². The van der Waals surface area contributed by atoms with Crippen LogP contribution in [0.5, 0.6) is 0 Å². The van der Waals surface area contributed by atoms with Crippen molar-refractivity contribution in [3.63, 3.8) is 0 Å². The highest BCUT2D eigenvalue weighted by molar-refractivity contribution is 8.01. The number of rotatable bonds is 3. The van der Waals surface area contributed by atoms with Crippen molar-refractivity contribution < 1.29 is 4.79 Å². The average Bonchev–Trinajstić information content (AvgIpc) is 2.96. The van der Waals surface area contributed by atoms with Gasteiger partial charge in [-0.25, -0.2) is 0 Å². The first-order valence-electron chi connectivity index (χ1n) is 8.93. The van der Waals surface area contributed by atoms with Crippen molar-refractivity contribution >= 4 is 39.5 Å². The van der Waals surface area contributed by atoms with Gasteiger partial charge in [0.2, 0.25) is 5.91 Å². The summed E-state index contributed by atoms with van der Waals surface area (Å²) in [5.41, 5.74) is 2.06. The molecule has 1 saturated carbocycles. The van der Waals surface area contributed by atoms with Crippen LogP contribution in [0, 0.1) is 0 Å². The Hall–Kier alpha value is -1.74. The van der Waals surface area contributed by atoms with Crippen LogP contribution in [0.4, 0.5) is 0 Å². The molecule has 1 heterocycles. The van der Waals surface area contributed by atoms with E-state index in [9.17, 15) is 4.79 Å². The Morgan fingerprint density at radius 2 is 1.50 bits per heavy atom. The number of hydrogen-bond acceptors (Lipinski definition) is 2. The Labute approximate surface area is 147 Å². The van der Waals surface area contributed by atoms with Crippen molar-refractivity contribution in [3.05, 3.63) is 48.5 Å². The fourth-order valence-corrected chi connectivity index (χ4v) is 5.29. The highest BCUT2D eigenvalue weighted by Crippen LogP contribution is 2.34. The predicted molar refractivity (Wildman–Crippen MR) is 104 cm³/mol. The normalized spacial score (nSPS) is 17.4. The minimum Gasteiger partial charge on any atom is -0.279 e. The number of benzene rings is 2. The quantitative estimate of drug-likeness (QED) is 0.594. The van der Waals surface area contributed by atoms with Crippen molar-refractivity contribution in [3.8, 4) is 0 Å². The molecule has 0 bridgehead atoms. The van der Waals surface area contributed by atoms with Gasteiger partial charge in [0.1, 0.15) is 0 Å². The molecule has 0 amide bonds. The van der Waals surface area contributed by atoms with Gasteiger partial charge in [0, 0.05) is 16.0 Å². The van der Waals surface area contributed by atoms with E-state index >= 15 is 0 Å². The van der Waals surface area contributed by atoms with Crippen molar-refractivity contribution in [1.29, 1.82) is 0 Å². The summed E-state index contributed by atoms with van der Waals surface area (Å²) in [6, 6.07) is 16.5. The van der Waals surface area contributed by atoms with Crippen LogP contribution in [0.1, 0.15) is 43.8 Å². The highest BCUT2D eigenvalue weighted by atomic mass is 32.2. The molecule has 24 heavy (non-hydrogen) atoms. The average molecular weight is 337 g/mol. The van der Waals surface area contributed by atoms with Crippen LogP contribution in [-0.4, -0.2) is 21.0 Å². The largest absolute Gasteiger partial charge is 0.279 e. The lowest BCUT2D eigenvalue weighted by Crippen LogP contribution is -2.24. The summed E-state index contributed by atoms with van der Waals surface area (Å²) in [5, 5.41) is 2.96. The summed E-state index contributed by atoms with van der Waals surface area (Å²) < 4.78 is 1.94. The molecule has 0 N–H and O–H groups in total. The van der Waals surface area contributed by atoms with E-state index < -0.39 is 0 Å². The minimum absolute atomic E-state index is 0.00712. The van der Waals surface area contributed by atoms with Crippen LogP contribution in [-0.2, 0) is 0 Å². The summed E-state index contributed by atoms with van der Waals surface area (Å²) >= 11 is 1.87. The number of aromatic nitrogens is 1. The summed E-state index contributed by atoms with van der Waals surface area (Å²) in [6.45, 7) is 2.07. The van der Waals surface area contributed by atoms with Crippen LogP contribution in [0.2, 0.25) is 0 Å². The molecule has 1 aliphatic carbocycles. The van der Waals surface area contributed by atoms with E-state index in [0.717, 1.165) is 21.8 Å². The van der Waals surface area contributed by atoms with E-state index in [1.54, 1.807) is 0 Å². The van der Waals surface area contributed by atoms with Crippen molar-refractivity contribution in [2.45, 2.75) is 49.5 Å². The summed E-state index contributed by atoms with van der Waals surface area (Å²) in [4.78, 5) is 13.2. The lowest BCUT2D eigenvalue weighted by atomic mass is 10.0. The van der Waals surface area contributed by atoms with Crippen LogP contribution >= 0.6 is 11.8 Å². The van der Waals surface area contributed by atoms with E-state index in [1.807, 2.05) is 40.6 Å². The third kappa shape index (κ3) is 2.75. The summed E-state index contributed by atoms with van der Waals surface area (Å²) in [7, 11) is 0. The molecular formula is C21H23NOS. The van der Waals surface area contributed by atoms with Gasteiger partial charge in [0.25, 0.3) is 0 Å². The molecule has 1 unspecified atom stereocenters. The van der Waals surface area contributed by atoms with Crippen LogP contribution in [0.15, 0.2) is 48.5 Å². The van der Waals surface area contributed by atoms with Gasteiger partial charge in [-0.05, 0) is 31.9 Å². The first-order chi connectivity index (χ1) is 11.8. The molecule has 2 aromatic carbocycles. The molecule has 1 aliphatic rings. The van der Waals surface area contributed by atoms with Crippen molar-refractivity contribution in [2.24, 2.45) is 0 Å². The molecule has 3 heteroatoms. The topological polar surface area (TPSA) is 22.0 Å². The molecule has 0 spiro atoms. The van der Waals surface area contributed by atoms with E-state index in [2.05, 4.69) is 31.2 Å². The zero-order valence-corrected chi connectivity index (χ0v) is 14.9. The Morgan fingerprint density at radius 1 is 0.958 bits per heavy atom. The highest BCUT2D eigenvalue weighted by Gasteiger charge is 2.24. The Kier molecular flexibility index (Phi) is 4.36. The Balaban J connectivity index is 1.72. The third-order valence-electron chi connectivity index (χ3n) is 5.10. The second-order valence-electron chi connectivity index (χ2n) is 6.75. The first kappa shape index (κ1) is 15.8. The van der Waals surface area contributed by atoms with Gasteiger partial charge >= 0.3 is 0 Å². The van der Waals surface area contributed by atoms with E-state index in [1.165, 1.54) is 32.1 Å². The van der Waals surface area contributed by atoms with Crippen LogP contribution in [0.3, 0.4) is 0 Å². The second kappa shape index (κ2) is 6.64. The maximum atomic E-state index is 13.2. The fourth-order valence-electron chi connectivity index (χ4n) is 3.89. The van der Waals surface area contributed by atoms with E-state index in [-0.39, 0.29) is 11.2 Å². The predicted octanol–water partition coefficient (Wildman–Crippen LogP) is 5.89. The Morgan fingerprint density at radius 3 is 2.08 bits per heavy atom. The molecular weight excluding hydrogens is 314 g/mol. The number of nitrogens with zero attached hydrogens (tertiary/aromatic N) is 1. The van der Waals surface area contributed by atoms with Crippen LogP contribution < -0.4 is 0 Å². The third-order valence-corrected chi connectivity index (χ3v) is 6.56. The number of thioether (sulfide) groups is 1. The Bertz CT molecular complexity index is 823. The van der Waals surface area contributed by atoms with Gasteiger partial charge in [0.05, 0.1) is 16.3 Å². The van der Waals surface area contributed by atoms with Gasteiger partial charge in [-0.1, -0.05) is 55.7 Å². The van der Waals surface area contributed by atoms with Gasteiger partial charge in [-0.15, -0.1) is 11.8 Å². The maximum Gasteiger partial charge on any atom is 0.244 e. The minimum atomic E-state index is -0.00712. The van der Waals surface area contributed by atoms with Gasteiger partial charge in [-0.2, -0.15) is 0 Å². The zero-order valence-electron chi connectivity index (χ0n) is 14.1. The number of fused-ring (bicyclic) bond motifs is 3.